The fraction of sp³-hybridized carbons (Fsp3) is 0.333. The highest BCUT2D eigenvalue weighted by molar-refractivity contribution is 7.98. The lowest BCUT2D eigenvalue weighted by Gasteiger charge is -2.12. The number of nitrogens with one attached hydrogen (secondary N) is 1. The predicted octanol–water partition coefficient (Wildman–Crippen LogP) is 3.40. The molecular weight excluding hydrogens is 327 g/mol. The number of pyridine rings is 1. The molecule has 0 bridgehead atoms. The highest BCUT2D eigenvalue weighted by atomic mass is 32.2. The molecule has 4 nitrogen and oxygen atoms in total. The number of aromatic nitrogens is 1. The number of hydrogen-bond acceptors (Lipinski definition) is 4. The fourth-order valence-electron chi connectivity index (χ4n) is 2.15. The molecule has 1 atom stereocenters. The van der Waals surface area contributed by atoms with Crippen molar-refractivity contribution < 1.29 is 14.3 Å². The Bertz CT molecular complexity index is 664. The van der Waals surface area contributed by atoms with Gasteiger partial charge in [-0.3, -0.25) is 4.79 Å². The zero-order chi connectivity index (χ0) is 17.4. The molecule has 128 valence electrons. The average Bonchev–Trinajstić information content (AvgIpc) is 2.60. The number of carbonyl (C=O) groups is 1. The molecule has 0 radical (unpaired) electrons. The number of aliphatic hydroxyl groups excluding tert-OH is 1. The van der Waals surface area contributed by atoms with Gasteiger partial charge in [0.2, 0.25) is 0 Å². The van der Waals surface area contributed by atoms with Crippen LogP contribution in [-0.4, -0.2) is 28.6 Å². The highest BCUT2D eigenvalue weighted by Crippen LogP contribution is 2.24. The molecule has 0 saturated heterocycles. The maximum absolute atomic E-state index is 12.9. The summed E-state index contributed by atoms with van der Waals surface area (Å²) in [5.41, 5.74) is 1.44. The molecule has 0 fully saturated rings. The van der Waals surface area contributed by atoms with Gasteiger partial charge < -0.3 is 10.4 Å². The lowest BCUT2D eigenvalue weighted by atomic mass is 10.2. The van der Waals surface area contributed by atoms with Crippen molar-refractivity contribution in [2.45, 2.75) is 36.6 Å². The number of aliphatic hydroxyl groups is 1. The molecule has 2 rings (SSSR count). The normalized spacial score (nSPS) is 12.0. The molecular formula is C18H21FN2O2S. The summed E-state index contributed by atoms with van der Waals surface area (Å²) in [6.07, 6.45) is 2.61. The van der Waals surface area contributed by atoms with Crippen LogP contribution in [0.15, 0.2) is 47.6 Å². The van der Waals surface area contributed by atoms with Crippen LogP contribution in [0.1, 0.15) is 35.7 Å². The number of hydrogen-bond donors (Lipinski definition) is 2. The predicted molar refractivity (Wildman–Crippen MR) is 93.4 cm³/mol. The van der Waals surface area contributed by atoms with E-state index in [1.54, 1.807) is 30.5 Å². The maximum Gasteiger partial charge on any atom is 0.254 e. The third-order valence-corrected chi connectivity index (χ3v) is 4.50. The minimum Gasteiger partial charge on any atom is -0.391 e. The van der Waals surface area contributed by atoms with Gasteiger partial charge in [0.1, 0.15) is 10.8 Å². The minimum atomic E-state index is -0.536. The molecule has 1 unspecified atom stereocenters. The van der Waals surface area contributed by atoms with Gasteiger partial charge in [-0.15, -0.1) is 11.8 Å². The van der Waals surface area contributed by atoms with Crippen molar-refractivity contribution >= 4 is 17.7 Å². The molecule has 1 aromatic heterocycles. The van der Waals surface area contributed by atoms with Gasteiger partial charge in [-0.2, -0.15) is 0 Å². The number of rotatable bonds is 8. The molecule has 1 heterocycles. The van der Waals surface area contributed by atoms with E-state index in [-0.39, 0.29) is 18.3 Å². The molecule has 1 amide bonds. The van der Waals surface area contributed by atoms with E-state index < -0.39 is 6.10 Å². The van der Waals surface area contributed by atoms with Crippen LogP contribution in [-0.2, 0) is 5.75 Å². The quantitative estimate of drug-likeness (QED) is 0.718. The highest BCUT2D eigenvalue weighted by Gasteiger charge is 2.14. The number of halogens is 1. The summed E-state index contributed by atoms with van der Waals surface area (Å²) in [7, 11) is 0. The van der Waals surface area contributed by atoms with E-state index in [1.807, 2.05) is 6.92 Å². The van der Waals surface area contributed by atoms with Crippen LogP contribution in [0.4, 0.5) is 4.39 Å². The van der Waals surface area contributed by atoms with Gasteiger partial charge in [-0.25, -0.2) is 9.37 Å². The number of amides is 1. The van der Waals surface area contributed by atoms with Gasteiger partial charge in [0.25, 0.3) is 5.91 Å². The van der Waals surface area contributed by atoms with Gasteiger partial charge in [-0.05, 0) is 36.2 Å². The largest absolute Gasteiger partial charge is 0.391 e. The minimum absolute atomic E-state index is 0.226. The molecule has 2 aromatic rings. The van der Waals surface area contributed by atoms with Crippen molar-refractivity contribution in [3.63, 3.8) is 0 Å². The molecule has 24 heavy (non-hydrogen) atoms. The number of thioether (sulfide) groups is 1. The topological polar surface area (TPSA) is 62.2 Å². The zero-order valence-electron chi connectivity index (χ0n) is 13.5. The Labute approximate surface area is 145 Å². The molecule has 1 aromatic carbocycles. The standard InChI is InChI=1S/C18H21FN2O2S/c1-2-4-15(22)11-21-17(23)16-5-3-10-20-18(16)24-12-13-6-8-14(19)9-7-13/h3,5-10,15,22H,2,4,11-12H2,1H3,(H,21,23). The second-order valence-electron chi connectivity index (χ2n) is 5.42. The van der Waals surface area contributed by atoms with Gasteiger partial charge >= 0.3 is 0 Å². The summed E-state index contributed by atoms with van der Waals surface area (Å²) in [5.74, 6) is 0.0721. The summed E-state index contributed by atoms with van der Waals surface area (Å²) in [6, 6.07) is 9.67. The Morgan fingerprint density at radius 3 is 2.79 bits per heavy atom. The summed E-state index contributed by atoms with van der Waals surface area (Å²) in [6.45, 7) is 2.21. The average molecular weight is 348 g/mol. The van der Waals surface area contributed by atoms with Crippen molar-refractivity contribution in [2.24, 2.45) is 0 Å². The molecule has 0 aliphatic carbocycles. The van der Waals surface area contributed by atoms with Crippen LogP contribution < -0.4 is 5.32 Å². The maximum atomic E-state index is 12.9. The Balaban J connectivity index is 1.98. The van der Waals surface area contributed by atoms with Crippen LogP contribution in [0, 0.1) is 5.82 Å². The van der Waals surface area contributed by atoms with Crippen molar-refractivity contribution in [3.05, 3.63) is 59.5 Å². The molecule has 0 aliphatic heterocycles. The number of benzene rings is 1. The Hall–Kier alpha value is -1.92. The molecule has 0 aliphatic rings. The molecule has 6 heteroatoms. The fourth-order valence-corrected chi connectivity index (χ4v) is 3.10. The lowest BCUT2D eigenvalue weighted by molar-refractivity contribution is 0.0906. The summed E-state index contributed by atoms with van der Waals surface area (Å²) in [5, 5.41) is 13.1. The van der Waals surface area contributed by atoms with E-state index in [0.29, 0.717) is 22.8 Å². The SMILES string of the molecule is CCCC(O)CNC(=O)c1cccnc1SCc1ccc(F)cc1. The lowest BCUT2D eigenvalue weighted by Crippen LogP contribution is -2.32. The monoisotopic (exact) mass is 348 g/mol. The van der Waals surface area contributed by atoms with Crippen molar-refractivity contribution in [2.75, 3.05) is 6.54 Å². The van der Waals surface area contributed by atoms with E-state index in [4.69, 9.17) is 0 Å². The van der Waals surface area contributed by atoms with E-state index in [0.717, 1.165) is 12.0 Å². The van der Waals surface area contributed by atoms with Crippen LogP contribution in [0.25, 0.3) is 0 Å². The second kappa shape index (κ2) is 9.39. The first-order valence-corrected chi connectivity index (χ1v) is 8.87. The van der Waals surface area contributed by atoms with E-state index in [1.165, 1.54) is 23.9 Å². The van der Waals surface area contributed by atoms with Crippen molar-refractivity contribution in [1.82, 2.24) is 10.3 Å². The number of carbonyl (C=O) groups excluding carboxylic acids is 1. The van der Waals surface area contributed by atoms with Crippen LogP contribution in [0.3, 0.4) is 0 Å². The molecule has 0 saturated carbocycles. The smallest absolute Gasteiger partial charge is 0.254 e. The van der Waals surface area contributed by atoms with Gasteiger partial charge in [-0.1, -0.05) is 25.5 Å². The van der Waals surface area contributed by atoms with Crippen LogP contribution in [0.5, 0.6) is 0 Å². The zero-order valence-corrected chi connectivity index (χ0v) is 14.4. The van der Waals surface area contributed by atoms with E-state index in [2.05, 4.69) is 10.3 Å². The second-order valence-corrected chi connectivity index (χ2v) is 6.39. The first kappa shape index (κ1) is 18.4. The van der Waals surface area contributed by atoms with Gasteiger partial charge in [0, 0.05) is 18.5 Å². The third kappa shape index (κ3) is 5.62. The Morgan fingerprint density at radius 1 is 1.33 bits per heavy atom. The van der Waals surface area contributed by atoms with Crippen LogP contribution in [0.2, 0.25) is 0 Å². The van der Waals surface area contributed by atoms with Crippen LogP contribution >= 0.6 is 11.8 Å². The summed E-state index contributed by atoms with van der Waals surface area (Å²) >= 11 is 1.42. The van der Waals surface area contributed by atoms with E-state index >= 15 is 0 Å². The third-order valence-electron chi connectivity index (χ3n) is 3.42. The van der Waals surface area contributed by atoms with Gasteiger partial charge in [0.05, 0.1) is 11.7 Å². The van der Waals surface area contributed by atoms with Crippen molar-refractivity contribution in [3.8, 4) is 0 Å². The number of nitrogens with zero attached hydrogens (tertiary/aromatic N) is 1. The summed E-state index contributed by atoms with van der Waals surface area (Å²) < 4.78 is 12.9. The van der Waals surface area contributed by atoms with E-state index in [9.17, 15) is 14.3 Å². The molecule has 2 N–H and O–H groups in total. The van der Waals surface area contributed by atoms with Crippen molar-refractivity contribution in [1.29, 1.82) is 0 Å². The summed E-state index contributed by atoms with van der Waals surface area (Å²) in [4.78, 5) is 16.6. The molecule has 0 spiro atoms. The first-order valence-electron chi connectivity index (χ1n) is 7.88. The Morgan fingerprint density at radius 2 is 2.08 bits per heavy atom. The van der Waals surface area contributed by atoms with Gasteiger partial charge in [0.15, 0.2) is 0 Å². The Kier molecular flexibility index (Phi) is 7.21. The first-order chi connectivity index (χ1) is 11.6.